The van der Waals surface area contributed by atoms with Gasteiger partial charge in [0.1, 0.15) is 5.82 Å². The van der Waals surface area contributed by atoms with Gasteiger partial charge in [-0.1, -0.05) is 36.4 Å². The van der Waals surface area contributed by atoms with E-state index in [-0.39, 0.29) is 11.8 Å². The molecule has 1 saturated heterocycles. The van der Waals surface area contributed by atoms with Crippen LogP contribution in [0.4, 0.5) is 5.82 Å². The second kappa shape index (κ2) is 10.2. The maximum absolute atomic E-state index is 12.7. The Morgan fingerprint density at radius 1 is 1.14 bits per heavy atom. The van der Waals surface area contributed by atoms with Crippen LogP contribution in [0.15, 0.2) is 48.7 Å². The number of amides is 1. The van der Waals surface area contributed by atoms with Crippen LogP contribution in [0.25, 0.3) is 0 Å². The summed E-state index contributed by atoms with van der Waals surface area (Å²) in [6.45, 7) is 9.51. The van der Waals surface area contributed by atoms with Crippen molar-refractivity contribution in [3.63, 3.8) is 0 Å². The molecule has 1 unspecified atom stereocenters. The average Bonchev–Trinajstić information content (AvgIpc) is 2.75. The van der Waals surface area contributed by atoms with Gasteiger partial charge < -0.3 is 10.2 Å². The molecule has 0 saturated carbocycles. The summed E-state index contributed by atoms with van der Waals surface area (Å²) in [5, 5.41) is 3.11. The summed E-state index contributed by atoms with van der Waals surface area (Å²) < 4.78 is 0. The average molecular weight is 381 g/mol. The minimum absolute atomic E-state index is 0.0698. The van der Waals surface area contributed by atoms with Gasteiger partial charge in [-0.05, 0) is 50.4 Å². The van der Waals surface area contributed by atoms with Gasteiger partial charge in [-0.15, -0.1) is 0 Å². The first-order valence-corrected chi connectivity index (χ1v) is 10.4. The second-order valence-corrected chi connectivity index (χ2v) is 7.47. The zero-order chi connectivity index (χ0) is 19.8. The fourth-order valence-electron chi connectivity index (χ4n) is 3.84. The van der Waals surface area contributed by atoms with Crippen LogP contribution in [0.5, 0.6) is 0 Å². The molecule has 150 valence electrons. The summed E-state index contributed by atoms with van der Waals surface area (Å²) in [6.07, 6.45) is 3.91. The van der Waals surface area contributed by atoms with E-state index in [9.17, 15) is 4.79 Å². The van der Waals surface area contributed by atoms with Gasteiger partial charge >= 0.3 is 0 Å². The Kier molecular flexibility index (Phi) is 7.43. The Morgan fingerprint density at radius 3 is 2.61 bits per heavy atom. The maximum Gasteiger partial charge on any atom is 0.224 e. The standard InChI is InChI=1S/C23H32N4O/c1-3-27(4-2)22-13-12-20(15-24-22)16-25-23(28)21-11-8-14-26(18-21)17-19-9-6-5-7-10-19/h5-7,9-10,12-13,15,21H,3-4,8,11,14,16-18H2,1-2H3,(H,25,28). The summed E-state index contributed by atoms with van der Waals surface area (Å²) in [6, 6.07) is 14.6. The molecule has 1 aromatic carbocycles. The number of anilines is 1. The molecule has 2 aromatic rings. The highest BCUT2D eigenvalue weighted by molar-refractivity contribution is 5.79. The third-order valence-electron chi connectivity index (χ3n) is 5.49. The van der Waals surface area contributed by atoms with Crippen molar-refractivity contribution in [2.45, 2.75) is 39.8 Å². The fraction of sp³-hybridized carbons (Fsp3) is 0.478. The molecule has 1 atom stereocenters. The number of rotatable bonds is 8. The third kappa shape index (κ3) is 5.55. The van der Waals surface area contributed by atoms with Crippen molar-refractivity contribution >= 4 is 11.7 Å². The Bertz CT molecular complexity index is 728. The SMILES string of the molecule is CCN(CC)c1ccc(CNC(=O)C2CCCN(Cc3ccccc3)C2)cn1. The number of nitrogens with zero attached hydrogens (tertiary/aromatic N) is 3. The number of likely N-dealkylation sites (tertiary alicyclic amines) is 1. The van der Waals surface area contributed by atoms with Crippen molar-refractivity contribution in [1.29, 1.82) is 0 Å². The molecule has 3 rings (SSSR count). The predicted molar refractivity (Wildman–Crippen MR) is 114 cm³/mol. The number of benzene rings is 1. The molecular weight excluding hydrogens is 348 g/mol. The van der Waals surface area contributed by atoms with Crippen molar-refractivity contribution in [2.75, 3.05) is 31.1 Å². The molecular formula is C23H32N4O. The van der Waals surface area contributed by atoms with Gasteiger partial charge in [0.05, 0.1) is 5.92 Å². The number of hydrogen-bond acceptors (Lipinski definition) is 4. The van der Waals surface area contributed by atoms with E-state index in [1.165, 1.54) is 5.56 Å². The lowest BCUT2D eigenvalue weighted by Crippen LogP contribution is -2.42. The largest absolute Gasteiger partial charge is 0.357 e. The third-order valence-corrected chi connectivity index (χ3v) is 5.49. The molecule has 2 heterocycles. The van der Waals surface area contributed by atoms with Gasteiger partial charge in [0, 0.05) is 38.9 Å². The van der Waals surface area contributed by atoms with E-state index < -0.39 is 0 Å². The van der Waals surface area contributed by atoms with Gasteiger partial charge in [0.2, 0.25) is 5.91 Å². The highest BCUT2D eigenvalue weighted by Gasteiger charge is 2.25. The molecule has 1 aliphatic heterocycles. The quantitative estimate of drug-likeness (QED) is 0.762. The Labute approximate surface area is 168 Å². The molecule has 5 nitrogen and oxygen atoms in total. The van der Waals surface area contributed by atoms with Gasteiger partial charge in [-0.2, -0.15) is 0 Å². The van der Waals surface area contributed by atoms with Crippen molar-refractivity contribution in [1.82, 2.24) is 15.2 Å². The Morgan fingerprint density at radius 2 is 1.93 bits per heavy atom. The van der Waals surface area contributed by atoms with Crippen LogP contribution in [0.1, 0.15) is 37.8 Å². The number of hydrogen-bond donors (Lipinski definition) is 1. The lowest BCUT2D eigenvalue weighted by Gasteiger charge is -2.32. The lowest BCUT2D eigenvalue weighted by atomic mass is 9.96. The molecule has 5 heteroatoms. The van der Waals surface area contributed by atoms with E-state index in [1.807, 2.05) is 18.3 Å². The fourth-order valence-corrected chi connectivity index (χ4v) is 3.84. The molecule has 1 aliphatic rings. The Hall–Kier alpha value is -2.40. The maximum atomic E-state index is 12.7. The number of pyridine rings is 1. The first-order chi connectivity index (χ1) is 13.7. The molecule has 1 aromatic heterocycles. The molecule has 1 N–H and O–H groups in total. The van der Waals surface area contributed by atoms with Crippen molar-refractivity contribution < 1.29 is 4.79 Å². The molecule has 0 spiro atoms. The minimum Gasteiger partial charge on any atom is -0.357 e. The molecule has 1 fully saturated rings. The normalized spacial score (nSPS) is 17.3. The van der Waals surface area contributed by atoms with Crippen LogP contribution >= 0.6 is 0 Å². The van der Waals surface area contributed by atoms with Crippen LogP contribution in [-0.4, -0.2) is 42.0 Å². The number of piperidine rings is 1. The topological polar surface area (TPSA) is 48.5 Å². The van der Waals surface area contributed by atoms with E-state index in [2.05, 4.69) is 64.3 Å². The number of carbonyl (C=O) groups excluding carboxylic acids is 1. The molecule has 1 amide bonds. The van der Waals surface area contributed by atoms with E-state index in [0.717, 1.165) is 56.9 Å². The van der Waals surface area contributed by atoms with Gasteiger partial charge in [0.25, 0.3) is 0 Å². The minimum atomic E-state index is 0.0698. The predicted octanol–water partition coefficient (Wildman–Crippen LogP) is 3.46. The molecule has 0 bridgehead atoms. The van der Waals surface area contributed by atoms with Gasteiger partial charge in [-0.3, -0.25) is 9.69 Å². The van der Waals surface area contributed by atoms with E-state index in [1.54, 1.807) is 0 Å². The smallest absolute Gasteiger partial charge is 0.224 e. The van der Waals surface area contributed by atoms with E-state index in [4.69, 9.17) is 0 Å². The van der Waals surface area contributed by atoms with Crippen LogP contribution in [0.2, 0.25) is 0 Å². The summed E-state index contributed by atoms with van der Waals surface area (Å²) in [7, 11) is 0. The van der Waals surface area contributed by atoms with Gasteiger partial charge in [-0.25, -0.2) is 4.98 Å². The van der Waals surface area contributed by atoms with Crippen molar-refractivity contribution in [3.05, 3.63) is 59.8 Å². The van der Waals surface area contributed by atoms with Crippen LogP contribution < -0.4 is 10.2 Å². The first kappa shape index (κ1) is 20.3. The number of aromatic nitrogens is 1. The highest BCUT2D eigenvalue weighted by atomic mass is 16.1. The van der Waals surface area contributed by atoms with Crippen LogP contribution in [-0.2, 0) is 17.9 Å². The summed E-state index contributed by atoms with van der Waals surface area (Å²) in [5.74, 6) is 1.22. The number of nitrogens with one attached hydrogen (secondary N) is 1. The van der Waals surface area contributed by atoms with Gasteiger partial charge in [0.15, 0.2) is 0 Å². The molecule has 0 radical (unpaired) electrons. The van der Waals surface area contributed by atoms with Crippen molar-refractivity contribution in [2.24, 2.45) is 5.92 Å². The van der Waals surface area contributed by atoms with Crippen molar-refractivity contribution in [3.8, 4) is 0 Å². The zero-order valence-corrected chi connectivity index (χ0v) is 17.1. The first-order valence-electron chi connectivity index (χ1n) is 10.4. The second-order valence-electron chi connectivity index (χ2n) is 7.47. The van der Waals surface area contributed by atoms with Crippen LogP contribution in [0.3, 0.4) is 0 Å². The number of carbonyl (C=O) groups is 1. The highest BCUT2D eigenvalue weighted by Crippen LogP contribution is 2.19. The van der Waals surface area contributed by atoms with Crippen LogP contribution in [0, 0.1) is 5.92 Å². The summed E-state index contributed by atoms with van der Waals surface area (Å²) >= 11 is 0. The van der Waals surface area contributed by atoms with E-state index >= 15 is 0 Å². The summed E-state index contributed by atoms with van der Waals surface area (Å²) in [4.78, 5) is 21.8. The molecule has 28 heavy (non-hydrogen) atoms. The summed E-state index contributed by atoms with van der Waals surface area (Å²) in [5.41, 5.74) is 2.35. The van der Waals surface area contributed by atoms with E-state index in [0.29, 0.717) is 6.54 Å². The zero-order valence-electron chi connectivity index (χ0n) is 17.1. The monoisotopic (exact) mass is 380 g/mol. The lowest BCUT2D eigenvalue weighted by molar-refractivity contribution is -0.126. The Balaban J connectivity index is 1.49. The molecule has 0 aliphatic carbocycles.